The molecule has 0 aliphatic heterocycles. The summed E-state index contributed by atoms with van der Waals surface area (Å²) >= 11 is 0. The van der Waals surface area contributed by atoms with Crippen molar-refractivity contribution in [3.8, 4) is 0 Å². The van der Waals surface area contributed by atoms with E-state index in [1.807, 2.05) is 0 Å². The number of hydrogen-bond acceptors (Lipinski definition) is 15. The lowest BCUT2D eigenvalue weighted by Crippen LogP contribution is -2.30. The molecule has 19 heteroatoms. The Hall–Kier alpha value is -1.94. The third-order valence-corrected chi connectivity index (χ3v) is 21.7. The molecule has 0 aromatic heterocycles. The van der Waals surface area contributed by atoms with Gasteiger partial charge in [-0.3, -0.25) is 37.3 Å². The zero-order chi connectivity index (χ0) is 74.6. The molecule has 600 valence electrons. The van der Waals surface area contributed by atoms with E-state index in [1.165, 1.54) is 218 Å². The molecule has 4 unspecified atom stereocenters. The van der Waals surface area contributed by atoms with E-state index in [1.54, 1.807) is 0 Å². The van der Waals surface area contributed by atoms with E-state index in [9.17, 15) is 43.2 Å². The Morgan fingerprint density at radius 2 is 0.475 bits per heavy atom. The molecule has 7 atom stereocenters. The first kappa shape index (κ1) is 99.1. The molecule has 0 amide bonds. The second kappa shape index (κ2) is 71.0. The summed E-state index contributed by atoms with van der Waals surface area (Å²) in [4.78, 5) is 73.0. The van der Waals surface area contributed by atoms with E-state index >= 15 is 0 Å². The predicted octanol–water partition coefficient (Wildman–Crippen LogP) is 24.4. The van der Waals surface area contributed by atoms with Crippen molar-refractivity contribution in [3.05, 3.63) is 0 Å². The second-order valence-corrected chi connectivity index (χ2v) is 33.9. The van der Waals surface area contributed by atoms with E-state index in [0.29, 0.717) is 25.7 Å². The van der Waals surface area contributed by atoms with Gasteiger partial charge < -0.3 is 33.8 Å². The average Bonchev–Trinajstić information content (AvgIpc) is 0.923. The number of esters is 4. The Labute approximate surface area is 619 Å². The quantitative estimate of drug-likeness (QED) is 0.0222. The van der Waals surface area contributed by atoms with Gasteiger partial charge in [0, 0.05) is 25.7 Å². The molecular formula is C82H160O17P2. The van der Waals surface area contributed by atoms with E-state index in [4.69, 9.17) is 37.0 Å². The molecule has 0 aromatic carbocycles. The number of ether oxygens (including phenoxy) is 4. The highest BCUT2D eigenvalue weighted by Crippen LogP contribution is 2.45. The van der Waals surface area contributed by atoms with E-state index in [2.05, 4.69) is 55.4 Å². The average molecular weight is 1480 g/mol. The minimum absolute atomic E-state index is 0.103. The number of aliphatic hydroxyl groups is 1. The Bertz CT molecular complexity index is 1980. The van der Waals surface area contributed by atoms with Crippen LogP contribution in [0, 0.1) is 23.7 Å². The summed E-state index contributed by atoms with van der Waals surface area (Å²) in [5, 5.41) is 10.6. The summed E-state index contributed by atoms with van der Waals surface area (Å²) in [6.07, 6.45) is 58.5. The third-order valence-electron chi connectivity index (χ3n) is 19.8. The molecular weight excluding hydrogens is 1320 g/mol. The van der Waals surface area contributed by atoms with Crippen LogP contribution >= 0.6 is 15.6 Å². The number of carbonyl (C=O) groups excluding carboxylic acids is 4. The zero-order valence-corrected chi connectivity index (χ0v) is 68.3. The second-order valence-electron chi connectivity index (χ2n) is 31.0. The molecule has 3 N–H and O–H groups in total. The SMILES string of the molecule is CCC(C)CCCCCCCCCCCCCCCCCCCCC(=O)O[C@H](COC(=O)CCCCCCCCCCCCCCCCCC(C)C)COP(=O)(O)OC[C@@H](O)COP(=O)(O)OC[C@@H](COC(=O)CCCCCCCCC(C)CC)OC(=O)CCCCCCCCCCC(C)C. The molecule has 0 radical (unpaired) electrons. The Balaban J connectivity index is 5.21. The van der Waals surface area contributed by atoms with Crippen molar-refractivity contribution >= 4 is 39.5 Å². The number of hydrogen-bond donors (Lipinski definition) is 3. The summed E-state index contributed by atoms with van der Waals surface area (Å²) in [6, 6.07) is 0. The molecule has 0 fully saturated rings. The molecule has 0 bridgehead atoms. The van der Waals surface area contributed by atoms with Gasteiger partial charge in [0.2, 0.25) is 0 Å². The topological polar surface area (TPSA) is 237 Å². The van der Waals surface area contributed by atoms with Crippen LogP contribution in [0.2, 0.25) is 0 Å². The molecule has 0 spiro atoms. The summed E-state index contributed by atoms with van der Waals surface area (Å²) in [6.45, 7) is 14.3. The van der Waals surface area contributed by atoms with Gasteiger partial charge in [-0.1, -0.05) is 370 Å². The maximum absolute atomic E-state index is 13.1. The predicted molar refractivity (Wildman–Crippen MR) is 414 cm³/mol. The number of phosphoric ester groups is 2. The van der Waals surface area contributed by atoms with Crippen LogP contribution in [-0.4, -0.2) is 96.7 Å². The third kappa shape index (κ3) is 73.4. The summed E-state index contributed by atoms with van der Waals surface area (Å²) in [5.41, 5.74) is 0. The van der Waals surface area contributed by atoms with Gasteiger partial charge in [0.1, 0.15) is 19.3 Å². The van der Waals surface area contributed by atoms with Crippen LogP contribution in [0.3, 0.4) is 0 Å². The summed E-state index contributed by atoms with van der Waals surface area (Å²) in [7, 11) is -9.92. The van der Waals surface area contributed by atoms with Crippen LogP contribution in [0.15, 0.2) is 0 Å². The van der Waals surface area contributed by atoms with Gasteiger partial charge in [0.15, 0.2) is 12.2 Å². The first-order valence-electron chi connectivity index (χ1n) is 42.3. The van der Waals surface area contributed by atoms with Crippen LogP contribution in [-0.2, 0) is 65.4 Å². The van der Waals surface area contributed by atoms with E-state index < -0.39 is 97.5 Å². The lowest BCUT2D eigenvalue weighted by atomic mass is 9.99. The minimum Gasteiger partial charge on any atom is -0.462 e. The number of phosphoric acid groups is 2. The van der Waals surface area contributed by atoms with Crippen molar-refractivity contribution in [2.75, 3.05) is 39.6 Å². The van der Waals surface area contributed by atoms with Gasteiger partial charge in [-0.2, -0.15) is 0 Å². The van der Waals surface area contributed by atoms with Crippen molar-refractivity contribution in [2.24, 2.45) is 23.7 Å². The molecule has 0 rings (SSSR count). The lowest BCUT2D eigenvalue weighted by molar-refractivity contribution is -0.161. The van der Waals surface area contributed by atoms with Gasteiger partial charge >= 0.3 is 39.5 Å². The van der Waals surface area contributed by atoms with Crippen molar-refractivity contribution < 1.29 is 80.2 Å². The molecule has 0 heterocycles. The number of rotatable bonds is 79. The van der Waals surface area contributed by atoms with Gasteiger partial charge in [0.05, 0.1) is 26.4 Å². The lowest BCUT2D eigenvalue weighted by Gasteiger charge is -2.21. The fraction of sp³-hybridized carbons (Fsp3) is 0.951. The van der Waals surface area contributed by atoms with Gasteiger partial charge in [0.25, 0.3) is 0 Å². The van der Waals surface area contributed by atoms with Crippen molar-refractivity contribution in [1.82, 2.24) is 0 Å². The molecule has 0 saturated heterocycles. The summed E-state index contributed by atoms with van der Waals surface area (Å²) in [5.74, 6) is 1.01. The molecule has 0 aromatic rings. The van der Waals surface area contributed by atoms with Crippen LogP contribution in [0.5, 0.6) is 0 Å². The van der Waals surface area contributed by atoms with Gasteiger partial charge in [-0.05, 0) is 49.4 Å². The Kier molecular flexibility index (Phi) is 69.6. The molecule has 0 aliphatic carbocycles. The highest BCUT2D eigenvalue weighted by Gasteiger charge is 2.30. The van der Waals surface area contributed by atoms with Crippen molar-refractivity contribution in [1.29, 1.82) is 0 Å². The first-order valence-corrected chi connectivity index (χ1v) is 45.3. The van der Waals surface area contributed by atoms with Crippen LogP contribution in [0.1, 0.15) is 421 Å². The molecule has 101 heavy (non-hydrogen) atoms. The van der Waals surface area contributed by atoms with Crippen molar-refractivity contribution in [2.45, 2.75) is 440 Å². The zero-order valence-electron chi connectivity index (χ0n) is 66.5. The number of carbonyl (C=O) groups is 4. The first-order chi connectivity index (χ1) is 48.7. The van der Waals surface area contributed by atoms with E-state index in [0.717, 1.165) is 120 Å². The normalized spacial score (nSPS) is 14.5. The minimum atomic E-state index is -4.96. The Morgan fingerprint density at radius 3 is 0.703 bits per heavy atom. The highest BCUT2D eigenvalue weighted by molar-refractivity contribution is 7.47. The number of aliphatic hydroxyl groups excluding tert-OH is 1. The standard InChI is InChI=1S/C82H160O17P2/c1-9-74(7)60-52-44-36-29-25-21-17-13-11-12-14-18-23-27-31-38-48-56-64-81(86)98-77(68-92-79(84)62-54-46-37-30-26-22-19-15-16-20-24-28-34-42-50-58-72(3)4)70-96-100(88,89)94-66-76(83)67-95-101(90,91)97-71-78(69-93-80(85)63-55-47-41-40-45-53-61-75(8)10-2)99-82(87)65-57-49-39-33-32-35-43-51-59-73(5)6/h72-78,83H,9-71H2,1-8H3,(H,88,89)(H,90,91)/t74?,75?,76-,77-,78-/m1/s1. The monoisotopic (exact) mass is 1480 g/mol. The van der Waals surface area contributed by atoms with Crippen LogP contribution in [0.25, 0.3) is 0 Å². The maximum atomic E-state index is 13.1. The van der Waals surface area contributed by atoms with Gasteiger partial charge in [-0.15, -0.1) is 0 Å². The van der Waals surface area contributed by atoms with Gasteiger partial charge in [-0.25, -0.2) is 9.13 Å². The maximum Gasteiger partial charge on any atom is 0.472 e. The number of unbranched alkanes of at least 4 members (excludes halogenated alkanes) is 43. The Morgan fingerprint density at radius 1 is 0.277 bits per heavy atom. The fourth-order valence-corrected chi connectivity index (χ4v) is 14.1. The highest BCUT2D eigenvalue weighted by atomic mass is 31.2. The van der Waals surface area contributed by atoms with Crippen LogP contribution < -0.4 is 0 Å². The van der Waals surface area contributed by atoms with Crippen molar-refractivity contribution in [3.63, 3.8) is 0 Å². The summed E-state index contributed by atoms with van der Waals surface area (Å²) < 4.78 is 68.7. The largest absolute Gasteiger partial charge is 0.472 e. The molecule has 0 aliphatic rings. The molecule has 17 nitrogen and oxygen atoms in total. The smallest absolute Gasteiger partial charge is 0.462 e. The molecule has 0 saturated carbocycles. The van der Waals surface area contributed by atoms with E-state index in [-0.39, 0.29) is 25.7 Å². The van der Waals surface area contributed by atoms with Crippen LogP contribution in [0.4, 0.5) is 0 Å². The fourth-order valence-electron chi connectivity index (χ4n) is 12.5.